The summed E-state index contributed by atoms with van der Waals surface area (Å²) in [4.78, 5) is 26.8. The highest BCUT2D eigenvalue weighted by Crippen LogP contribution is 2.12. The maximum Gasteiger partial charge on any atom is 0.279 e. The standard InChI is InChI=1S/C20H25N3O2/c1-15(24)17-6-5-7-18(12-17)21-20(25)14-23(4)13-16-8-10-19(11-9-16)22(2)3/h5-12H,13-14H2,1-4H3,(H,21,25)/p+1. The molecule has 25 heavy (non-hydrogen) atoms. The van der Waals surface area contributed by atoms with Crippen molar-refractivity contribution in [1.29, 1.82) is 0 Å². The molecular formula is C20H26N3O2+. The quantitative estimate of drug-likeness (QED) is 0.753. The van der Waals surface area contributed by atoms with Crippen LogP contribution in [-0.2, 0) is 11.3 Å². The maximum absolute atomic E-state index is 12.2. The lowest BCUT2D eigenvalue weighted by molar-refractivity contribution is -0.885. The summed E-state index contributed by atoms with van der Waals surface area (Å²) >= 11 is 0. The van der Waals surface area contributed by atoms with E-state index in [0.29, 0.717) is 17.8 Å². The Labute approximate surface area is 149 Å². The molecule has 0 aliphatic heterocycles. The highest BCUT2D eigenvalue weighted by atomic mass is 16.2. The minimum atomic E-state index is -0.0666. The SMILES string of the molecule is CC(=O)c1cccc(NC(=O)C[NH+](C)Cc2ccc(N(C)C)cc2)c1. The van der Waals surface area contributed by atoms with Crippen molar-refractivity contribution in [3.63, 3.8) is 0 Å². The number of benzene rings is 2. The summed E-state index contributed by atoms with van der Waals surface area (Å²) in [6.45, 7) is 2.65. The van der Waals surface area contributed by atoms with E-state index in [1.54, 1.807) is 24.3 Å². The number of nitrogens with zero attached hydrogens (tertiary/aromatic N) is 1. The van der Waals surface area contributed by atoms with Gasteiger partial charge < -0.3 is 15.1 Å². The molecule has 2 N–H and O–H groups in total. The number of nitrogens with one attached hydrogen (secondary N) is 2. The Morgan fingerprint density at radius 2 is 1.76 bits per heavy atom. The van der Waals surface area contributed by atoms with Crippen LogP contribution in [0.5, 0.6) is 0 Å². The van der Waals surface area contributed by atoms with Crippen molar-refractivity contribution in [1.82, 2.24) is 0 Å². The van der Waals surface area contributed by atoms with E-state index in [9.17, 15) is 9.59 Å². The summed E-state index contributed by atoms with van der Waals surface area (Å²) in [5.41, 5.74) is 3.60. The molecular weight excluding hydrogens is 314 g/mol. The fourth-order valence-corrected chi connectivity index (χ4v) is 2.62. The summed E-state index contributed by atoms with van der Waals surface area (Å²) in [5.74, 6) is -0.0804. The Bertz CT molecular complexity index is 739. The molecule has 0 spiro atoms. The van der Waals surface area contributed by atoms with Crippen molar-refractivity contribution >= 4 is 23.1 Å². The zero-order valence-electron chi connectivity index (χ0n) is 15.3. The molecule has 1 unspecified atom stereocenters. The van der Waals surface area contributed by atoms with Crippen molar-refractivity contribution in [2.75, 3.05) is 37.9 Å². The molecule has 0 bridgehead atoms. The number of rotatable bonds is 7. The van der Waals surface area contributed by atoms with Gasteiger partial charge in [0.2, 0.25) is 0 Å². The maximum atomic E-state index is 12.2. The van der Waals surface area contributed by atoms with Gasteiger partial charge in [-0.2, -0.15) is 0 Å². The Morgan fingerprint density at radius 3 is 2.36 bits per heavy atom. The second-order valence-electron chi connectivity index (χ2n) is 6.56. The molecule has 1 amide bonds. The molecule has 0 saturated carbocycles. The van der Waals surface area contributed by atoms with Gasteiger partial charge >= 0.3 is 0 Å². The van der Waals surface area contributed by atoms with Crippen LogP contribution in [0.4, 0.5) is 11.4 Å². The first kappa shape index (κ1) is 18.7. The Hall–Kier alpha value is -2.66. The van der Waals surface area contributed by atoms with E-state index in [1.165, 1.54) is 12.5 Å². The number of carbonyl (C=O) groups is 2. The van der Waals surface area contributed by atoms with E-state index in [0.717, 1.165) is 17.1 Å². The van der Waals surface area contributed by atoms with Gasteiger partial charge in [0, 0.05) is 36.6 Å². The van der Waals surface area contributed by atoms with Crippen LogP contribution >= 0.6 is 0 Å². The first-order valence-electron chi connectivity index (χ1n) is 8.33. The number of quaternary nitrogens is 1. The third-order valence-corrected chi connectivity index (χ3v) is 3.97. The van der Waals surface area contributed by atoms with E-state index in [4.69, 9.17) is 0 Å². The number of hydrogen-bond donors (Lipinski definition) is 2. The molecule has 2 aromatic carbocycles. The summed E-state index contributed by atoms with van der Waals surface area (Å²) < 4.78 is 0. The predicted octanol–water partition coefficient (Wildman–Crippen LogP) is 1.61. The van der Waals surface area contributed by atoms with Gasteiger partial charge in [-0.1, -0.05) is 24.3 Å². The first-order chi connectivity index (χ1) is 11.8. The summed E-state index contributed by atoms with van der Waals surface area (Å²) in [6, 6.07) is 15.4. The molecule has 0 aliphatic rings. The highest BCUT2D eigenvalue weighted by molar-refractivity contribution is 5.97. The van der Waals surface area contributed by atoms with E-state index in [1.807, 2.05) is 21.1 Å². The fraction of sp³-hybridized carbons (Fsp3) is 0.300. The van der Waals surface area contributed by atoms with Crippen molar-refractivity contribution < 1.29 is 14.5 Å². The molecule has 2 rings (SSSR count). The Kier molecular flexibility index (Phi) is 6.31. The number of hydrogen-bond acceptors (Lipinski definition) is 3. The van der Waals surface area contributed by atoms with Crippen LogP contribution < -0.4 is 15.1 Å². The van der Waals surface area contributed by atoms with Gasteiger partial charge in [0.15, 0.2) is 12.3 Å². The average Bonchev–Trinajstić information content (AvgIpc) is 2.55. The molecule has 0 aromatic heterocycles. The smallest absolute Gasteiger partial charge is 0.279 e. The third-order valence-electron chi connectivity index (χ3n) is 3.97. The topological polar surface area (TPSA) is 53.9 Å². The van der Waals surface area contributed by atoms with E-state index in [2.05, 4.69) is 34.5 Å². The summed E-state index contributed by atoms with van der Waals surface area (Å²) in [7, 11) is 6.01. The second-order valence-corrected chi connectivity index (χ2v) is 6.56. The third kappa shape index (κ3) is 5.72. The van der Waals surface area contributed by atoms with E-state index < -0.39 is 0 Å². The number of likely N-dealkylation sites (N-methyl/N-ethyl adjacent to an activating group) is 1. The van der Waals surface area contributed by atoms with Crippen molar-refractivity contribution in [3.05, 3.63) is 59.7 Å². The summed E-state index contributed by atoms with van der Waals surface area (Å²) in [5, 5.41) is 2.86. The molecule has 132 valence electrons. The van der Waals surface area contributed by atoms with Gasteiger partial charge in [-0.3, -0.25) is 9.59 Å². The molecule has 0 heterocycles. The lowest BCUT2D eigenvalue weighted by Gasteiger charge is -2.16. The Morgan fingerprint density at radius 1 is 1.08 bits per heavy atom. The molecule has 2 aromatic rings. The van der Waals surface area contributed by atoms with Crippen molar-refractivity contribution in [2.24, 2.45) is 0 Å². The van der Waals surface area contributed by atoms with Crippen LogP contribution in [0.15, 0.2) is 48.5 Å². The fourth-order valence-electron chi connectivity index (χ4n) is 2.62. The van der Waals surface area contributed by atoms with E-state index >= 15 is 0 Å². The van der Waals surface area contributed by atoms with Crippen LogP contribution in [-0.4, -0.2) is 39.4 Å². The molecule has 0 aliphatic carbocycles. The first-order valence-corrected chi connectivity index (χ1v) is 8.33. The van der Waals surface area contributed by atoms with Crippen LogP contribution in [0.25, 0.3) is 0 Å². The number of amides is 1. The molecule has 0 saturated heterocycles. The number of Topliss-reactive ketones (excluding diaryl/α,β-unsaturated/α-hetero) is 1. The summed E-state index contributed by atoms with van der Waals surface area (Å²) in [6.07, 6.45) is 0. The molecule has 1 atom stereocenters. The largest absolute Gasteiger partial charge is 0.378 e. The van der Waals surface area contributed by atoms with E-state index in [-0.39, 0.29) is 11.7 Å². The number of anilines is 2. The normalized spacial score (nSPS) is 11.7. The van der Waals surface area contributed by atoms with Crippen molar-refractivity contribution in [3.8, 4) is 0 Å². The minimum absolute atomic E-state index is 0.0139. The van der Waals surface area contributed by atoms with Crippen LogP contribution in [0.2, 0.25) is 0 Å². The van der Waals surface area contributed by atoms with Crippen LogP contribution in [0.3, 0.4) is 0 Å². The lowest BCUT2D eigenvalue weighted by Crippen LogP contribution is -3.08. The molecule has 5 heteroatoms. The van der Waals surface area contributed by atoms with Crippen LogP contribution in [0.1, 0.15) is 22.8 Å². The average molecular weight is 340 g/mol. The molecule has 0 fully saturated rings. The number of carbonyl (C=O) groups excluding carboxylic acids is 2. The van der Waals surface area contributed by atoms with Gasteiger partial charge in [0.25, 0.3) is 5.91 Å². The predicted molar refractivity (Wildman–Crippen MR) is 101 cm³/mol. The zero-order valence-corrected chi connectivity index (χ0v) is 15.3. The lowest BCUT2D eigenvalue weighted by atomic mass is 10.1. The van der Waals surface area contributed by atoms with Crippen LogP contribution in [0, 0.1) is 0 Å². The second kappa shape index (κ2) is 8.44. The molecule has 5 nitrogen and oxygen atoms in total. The van der Waals surface area contributed by atoms with Gasteiger partial charge in [-0.15, -0.1) is 0 Å². The minimum Gasteiger partial charge on any atom is -0.378 e. The van der Waals surface area contributed by atoms with Crippen molar-refractivity contribution in [2.45, 2.75) is 13.5 Å². The zero-order chi connectivity index (χ0) is 18.4. The monoisotopic (exact) mass is 340 g/mol. The van der Waals surface area contributed by atoms with Gasteiger partial charge in [0.1, 0.15) is 6.54 Å². The van der Waals surface area contributed by atoms with Gasteiger partial charge in [-0.05, 0) is 31.2 Å². The number of ketones is 1. The van der Waals surface area contributed by atoms with Gasteiger partial charge in [0.05, 0.1) is 7.05 Å². The Balaban J connectivity index is 1.89. The highest BCUT2D eigenvalue weighted by Gasteiger charge is 2.12. The molecule has 0 radical (unpaired) electrons. The van der Waals surface area contributed by atoms with Gasteiger partial charge in [-0.25, -0.2) is 0 Å².